The third kappa shape index (κ3) is 1.89. The molecule has 0 bridgehead atoms. The number of aryl methyl sites for hydroxylation is 2. The number of nitrogens with zero attached hydrogens (tertiary/aromatic N) is 3. The lowest BCUT2D eigenvalue weighted by atomic mass is 10.2. The Morgan fingerprint density at radius 3 is 2.50 bits per heavy atom. The maximum atomic E-state index is 4.32. The Morgan fingerprint density at radius 2 is 1.86 bits per heavy atom. The lowest BCUT2D eigenvalue weighted by molar-refractivity contribution is 0.758. The zero-order valence-electron chi connectivity index (χ0n) is 8.49. The van der Waals surface area contributed by atoms with Crippen molar-refractivity contribution < 1.29 is 0 Å². The highest BCUT2D eigenvalue weighted by Crippen LogP contribution is 2.13. The Labute approximate surface area is 83.5 Å². The van der Waals surface area contributed by atoms with E-state index in [0.29, 0.717) is 12.0 Å². The van der Waals surface area contributed by atoms with E-state index in [1.54, 1.807) is 0 Å². The van der Waals surface area contributed by atoms with Crippen LogP contribution in [0.4, 0.5) is 5.95 Å². The smallest absolute Gasteiger partial charge is 0.243 e. The molecule has 0 radical (unpaired) electrons. The maximum Gasteiger partial charge on any atom is 0.243 e. The minimum Gasteiger partial charge on any atom is -0.350 e. The van der Waals surface area contributed by atoms with Gasteiger partial charge in [0.1, 0.15) is 0 Å². The normalized spacial score (nSPS) is 16.1. The Hall–Kier alpha value is -1.45. The molecule has 0 aromatic carbocycles. The predicted molar refractivity (Wildman–Crippen MR) is 55.1 cm³/mol. The van der Waals surface area contributed by atoms with Crippen LogP contribution in [0.25, 0.3) is 0 Å². The highest BCUT2D eigenvalue weighted by atomic mass is 15.2. The van der Waals surface area contributed by atoms with E-state index in [2.05, 4.69) is 32.7 Å². The van der Waals surface area contributed by atoms with Crippen molar-refractivity contribution in [2.45, 2.75) is 32.7 Å². The van der Waals surface area contributed by atoms with Gasteiger partial charge in [-0.15, -0.1) is 5.10 Å². The van der Waals surface area contributed by atoms with Crippen molar-refractivity contribution in [3.05, 3.63) is 23.5 Å². The summed E-state index contributed by atoms with van der Waals surface area (Å²) in [6, 6.07) is 0.443. The molecule has 0 aliphatic heterocycles. The van der Waals surface area contributed by atoms with Crippen molar-refractivity contribution in [1.82, 2.24) is 15.2 Å². The number of rotatable bonds is 2. The predicted octanol–water partition coefficient (Wildman–Crippen LogP) is 1.62. The molecule has 74 valence electrons. The summed E-state index contributed by atoms with van der Waals surface area (Å²) in [5.74, 6) is 0.641. The molecular weight excluding hydrogens is 176 g/mol. The zero-order valence-corrected chi connectivity index (χ0v) is 8.49. The average molecular weight is 190 g/mol. The minimum absolute atomic E-state index is 0.443. The van der Waals surface area contributed by atoms with Crippen LogP contribution in [0.15, 0.2) is 12.2 Å². The van der Waals surface area contributed by atoms with E-state index in [1.807, 2.05) is 13.8 Å². The molecule has 1 heterocycles. The van der Waals surface area contributed by atoms with Crippen molar-refractivity contribution in [3.63, 3.8) is 0 Å². The molecule has 4 nitrogen and oxygen atoms in total. The van der Waals surface area contributed by atoms with Gasteiger partial charge in [0.15, 0.2) is 0 Å². The molecule has 0 amide bonds. The molecule has 1 aliphatic carbocycles. The molecule has 0 saturated carbocycles. The number of hydrogen-bond donors (Lipinski definition) is 1. The summed E-state index contributed by atoms with van der Waals surface area (Å²) >= 11 is 0. The van der Waals surface area contributed by atoms with Crippen LogP contribution >= 0.6 is 0 Å². The van der Waals surface area contributed by atoms with Gasteiger partial charge in [0.25, 0.3) is 0 Å². The average Bonchev–Trinajstić information content (AvgIpc) is 2.64. The van der Waals surface area contributed by atoms with Crippen molar-refractivity contribution in [1.29, 1.82) is 0 Å². The molecule has 0 unspecified atom stereocenters. The number of anilines is 1. The van der Waals surface area contributed by atoms with E-state index < -0.39 is 0 Å². The van der Waals surface area contributed by atoms with Gasteiger partial charge < -0.3 is 5.32 Å². The van der Waals surface area contributed by atoms with E-state index >= 15 is 0 Å². The third-order valence-corrected chi connectivity index (χ3v) is 2.43. The molecule has 0 atom stereocenters. The number of hydrogen-bond acceptors (Lipinski definition) is 4. The van der Waals surface area contributed by atoms with Gasteiger partial charge in [-0.05, 0) is 26.7 Å². The van der Waals surface area contributed by atoms with E-state index in [1.165, 1.54) is 0 Å². The van der Waals surface area contributed by atoms with Crippen LogP contribution in [0.3, 0.4) is 0 Å². The van der Waals surface area contributed by atoms with Crippen molar-refractivity contribution in [3.8, 4) is 0 Å². The minimum atomic E-state index is 0.443. The van der Waals surface area contributed by atoms with E-state index in [0.717, 1.165) is 24.2 Å². The zero-order chi connectivity index (χ0) is 9.97. The molecule has 1 aliphatic rings. The van der Waals surface area contributed by atoms with Gasteiger partial charge in [0.2, 0.25) is 5.95 Å². The fraction of sp³-hybridized carbons (Fsp3) is 0.500. The van der Waals surface area contributed by atoms with Gasteiger partial charge in [-0.25, -0.2) is 4.98 Å². The fourth-order valence-corrected chi connectivity index (χ4v) is 1.44. The van der Waals surface area contributed by atoms with Gasteiger partial charge in [-0.1, -0.05) is 12.2 Å². The second-order valence-corrected chi connectivity index (χ2v) is 3.59. The largest absolute Gasteiger partial charge is 0.350 e. The first-order chi connectivity index (χ1) is 6.75. The van der Waals surface area contributed by atoms with Crippen molar-refractivity contribution in [2.75, 3.05) is 5.32 Å². The summed E-state index contributed by atoms with van der Waals surface area (Å²) in [7, 11) is 0. The summed E-state index contributed by atoms with van der Waals surface area (Å²) in [4.78, 5) is 4.32. The van der Waals surface area contributed by atoms with Crippen LogP contribution in [0.5, 0.6) is 0 Å². The Balaban J connectivity index is 2.06. The molecular formula is C10H14N4. The molecule has 1 aromatic rings. The molecule has 0 saturated heterocycles. The molecule has 2 rings (SSSR count). The summed E-state index contributed by atoms with van der Waals surface area (Å²) < 4.78 is 0. The van der Waals surface area contributed by atoms with Gasteiger partial charge in [-0.3, -0.25) is 0 Å². The maximum absolute atomic E-state index is 4.32. The number of aromatic nitrogens is 3. The first-order valence-corrected chi connectivity index (χ1v) is 4.85. The van der Waals surface area contributed by atoms with Gasteiger partial charge in [0.05, 0.1) is 11.4 Å². The van der Waals surface area contributed by atoms with Crippen LogP contribution in [0.1, 0.15) is 24.2 Å². The Kier molecular flexibility index (Phi) is 2.43. The summed E-state index contributed by atoms with van der Waals surface area (Å²) in [6.07, 6.45) is 6.45. The standard InChI is InChI=1S/C10H14N4/c1-7-8(2)13-14-10(11-7)12-9-5-3-4-6-9/h3-4,9H,5-6H2,1-2H3,(H,11,12,14). The molecule has 14 heavy (non-hydrogen) atoms. The first-order valence-electron chi connectivity index (χ1n) is 4.85. The second kappa shape index (κ2) is 3.74. The second-order valence-electron chi connectivity index (χ2n) is 3.59. The quantitative estimate of drug-likeness (QED) is 0.720. The lowest BCUT2D eigenvalue weighted by Crippen LogP contribution is -2.18. The van der Waals surface area contributed by atoms with Crippen LogP contribution in [0.2, 0.25) is 0 Å². The molecule has 0 spiro atoms. The van der Waals surface area contributed by atoms with Crippen LogP contribution < -0.4 is 5.32 Å². The third-order valence-electron chi connectivity index (χ3n) is 2.43. The fourth-order valence-electron chi connectivity index (χ4n) is 1.44. The van der Waals surface area contributed by atoms with Gasteiger partial charge in [0, 0.05) is 6.04 Å². The molecule has 1 aromatic heterocycles. The van der Waals surface area contributed by atoms with E-state index in [-0.39, 0.29) is 0 Å². The summed E-state index contributed by atoms with van der Waals surface area (Å²) in [6.45, 7) is 3.86. The summed E-state index contributed by atoms with van der Waals surface area (Å²) in [5, 5.41) is 11.3. The monoisotopic (exact) mass is 190 g/mol. The van der Waals surface area contributed by atoms with Crippen LogP contribution in [-0.4, -0.2) is 21.2 Å². The topological polar surface area (TPSA) is 50.7 Å². The van der Waals surface area contributed by atoms with Gasteiger partial charge in [-0.2, -0.15) is 5.10 Å². The van der Waals surface area contributed by atoms with Crippen molar-refractivity contribution >= 4 is 5.95 Å². The highest BCUT2D eigenvalue weighted by molar-refractivity contribution is 5.28. The van der Waals surface area contributed by atoms with Crippen LogP contribution in [-0.2, 0) is 0 Å². The Bertz CT molecular complexity index is 351. The lowest BCUT2D eigenvalue weighted by Gasteiger charge is -2.11. The molecule has 0 fully saturated rings. The highest BCUT2D eigenvalue weighted by Gasteiger charge is 2.11. The van der Waals surface area contributed by atoms with E-state index in [4.69, 9.17) is 0 Å². The first kappa shape index (κ1) is 9.12. The van der Waals surface area contributed by atoms with Crippen LogP contribution in [0, 0.1) is 13.8 Å². The van der Waals surface area contributed by atoms with Gasteiger partial charge >= 0.3 is 0 Å². The van der Waals surface area contributed by atoms with Crippen molar-refractivity contribution in [2.24, 2.45) is 0 Å². The molecule has 4 heteroatoms. The molecule has 1 N–H and O–H groups in total. The number of nitrogens with one attached hydrogen (secondary N) is 1. The Morgan fingerprint density at radius 1 is 1.14 bits per heavy atom. The van der Waals surface area contributed by atoms with E-state index in [9.17, 15) is 0 Å². The summed E-state index contributed by atoms with van der Waals surface area (Å²) in [5.41, 5.74) is 1.83. The SMILES string of the molecule is Cc1nnc(NC2CC=CC2)nc1C.